The molecule has 3 amide bonds. The number of hydrogen-bond donors (Lipinski definition) is 2. The Bertz CT molecular complexity index is 941. The van der Waals surface area contributed by atoms with Gasteiger partial charge < -0.3 is 5.73 Å². The number of aromatic nitrogens is 1. The Kier molecular flexibility index (Phi) is 5.09. The molecule has 3 rings (SSSR count). The number of carbonyl (C=O) groups excluding carboxylic acids is 3. The number of imide groups is 1. The minimum Gasteiger partial charge on any atom is -0.364 e. The smallest absolute Gasteiger partial charge is 0.267 e. The van der Waals surface area contributed by atoms with Crippen molar-refractivity contribution in [2.45, 2.75) is 25.2 Å². The molecule has 0 aliphatic carbocycles. The number of rotatable bonds is 3. The van der Waals surface area contributed by atoms with E-state index in [0.717, 1.165) is 11.1 Å². The van der Waals surface area contributed by atoms with Gasteiger partial charge in [-0.15, -0.1) is 0 Å². The molecule has 2 aromatic rings. The minimum atomic E-state index is -0.581. The Balaban J connectivity index is 1.76. The normalized spacial score (nSPS) is 16.4. The predicted molar refractivity (Wildman–Crippen MR) is 94.9 cm³/mol. The maximum absolute atomic E-state index is 12.0. The number of nitrogens with two attached hydrogens (primary N) is 1. The van der Waals surface area contributed by atoms with Crippen molar-refractivity contribution in [1.29, 1.82) is 0 Å². The fourth-order valence-corrected chi connectivity index (χ4v) is 2.89. The lowest BCUT2D eigenvalue weighted by atomic mass is 9.90. The van der Waals surface area contributed by atoms with Gasteiger partial charge in [-0.05, 0) is 35.7 Å². The average Bonchev–Trinajstić information content (AvgIpc) is 2.62. The van der Waals surface area contributed by atoms with E-state index in [4.69, 9.17) is 5.73 Å². The van der Waals surface area contributed by atoms with Gasteiger partial charge in [-0.3, -0.25) is 24.7 Å². The van der Waals surface area contributed by atoms with Gasteiger partial charge in [0.25, 0.3) is 5.91 Å². The largest absolute Gasteiger partial charge is 0.364 e. The molecule has 3 N–H and O–H groups in total. The van der Waals surface area contributed by atoms with Crippen LogP contribution in [-0.2, 0) is 16.0 Å². The summed E-state index contributed by atoms with van der Waals surface area (Å²) in [5, 5.41) is 2.36. The first-order chi connectivity index (χ1) is 12.5. The van der Waals surface area contributed by atoms with Crippen molar-refractivity contribution < 1.29 is 14.4 Å². The highest BCUT2D eigenvalue weighted by Crippen LogP contribution is 2.25. The van der Waals surface area contributed by atoms with Gasteiger partial charge in [0.1, 0.15) is 5.69 Å². The number of primary amides is 1. The summed E-state index contributed by atoms with van der Waals surface area (Å²) in [5.41, 5.74) is 7.80. The van der Waals surface area contributed by atoms with Gasteiger partial charge in [-0.1, -0.05) is 30.0 Å². The van der Waals surface area contributed by atoms with Crippen LogP contribution < -0.4 is 11.1 Å². The van der Waals surface area contributed by atoms with Crippen LogP contribution in [0.2, 0.25) is 0 Å². The number of carbonyl (C=O) groups is 3. The number of hydrogen-bond acceptors (Lipinski definition) is 4. The van der Waals surface area contributed by atoms with E-state index >= 15 is 0 Å². The van der Waals surface area contributed by atoms with Gasteiger partial charge in [0.2, 0.25) is 11.8 Å². The lowest BCUT2D eigenvalue weighted by molar-refractivity contribution is -0.134. The third kappa shape index (κ3) is 3.95. The number of nitrogens with zero attached hydrogens (tertiary/aromatic N) is 1. The van der Waals surface area contributed by atoms with Crippen LogP contribution in [0, 0.1) is 11.8 Å². The molecule has 6 heteroatoms. The first-order valence-electron chi connectivity index (χ1n) is 8.21. The minimum absolute atomic E-state index is 0.221. The molecule has 0 saturated carbocycles. The molecule has 26 heavy (non-hydrogen) atoms. The van der Waals surface area contributed by atoms with Crippen molar-refractivity contribution in [3.05, 3.63) is 65.0 Å². The van der Waals surface area contributed by atoms with E-state index in [1.807, 2.05) is 24.3 Å². The molecule has 130 valence electrons. The van der Waals surface area contributed by atoms with Crippen molar-refractivity contribution in [1.82, 2.24) is 10.3 Å². The first kappa shape index (κ1) is 17.4. The molecule has 1 aromatic carbocycles. The van der Waals surface area contributed by atoms with E-state index in [2.05, 4.69) is 22.1 Å². The molecule has 0 radical (unpaired) electrons. The fraction of sp³-hybridized carbons (Fsp3) is 0.200. The summed E-state index contributed by atoms with van der Waals surface area (Å²) in [6.07, 6.45) is 2.69. The third-order valence-electron chi connectivity index (χ3n) is 4.16. The zero-order valence-electron chi connectivity index (χ0n) is 14.0. The molecule has 1 unspecified atom stereocenters. The van der Waals surface area contributed by atoms with Gasteiger partial charge in [0, 0.05) is 24.6 Å². The second-order valence-electron chi connectivity index (χ2n) is 5.98. The van der Waals surface area contributed by atoms with E-state index in [-0.39, 0.29) is 23.4 Å². The summed E-state index contributed by atoms with van der Waals surface area (Å²) >= 11 is 0. The van der Waals surface area contributed by atoms with Crippen LogP contribution in [0.25, 0.3) is 0 Å². The van der Waals surface area contributed by atoms with E-state index in [0.29, 0.717) is 24.8 Å². The Hall–Kier alpha value is -3.46. The van der Waals surface area contributed by atoms with Gasteiger partial charge >= 0.3 is 0 Å². The number of piperidine rings is 1. The molecule has 6 nitrogen and oxygen atoms in total. The third-order valence-corrected chi connectivity index (χ3v) is 4.16. The fourth-order valence-electron chi connectivity index (χ4n) is 2.89. The van der Waals surface area contributed by atoms with Crippen LogP contribution in [0.15, 0.2) is 42.6 Å². The van der Waals surface area contributed by atoms with E-state index in [9.17, 15) is 14.4 Å². The lowest BCUT2D eigenvalue weighted by Gasteiger charge is -2.21. The summed E-state index contributed by atoms with van der Waals surface area (Å²) in [6, 6.07) is 10.9. The highest BCUT2D eigenvalue weighted by Gasteiger charge is 2.27. The number of benzene rings is 1. The van der Waals surface area contributed by atoms with Crippen LogP contribution in [0.3, 0.4) is 0 Å². The molecule has 1 fully saturated rings. The highest BCUT2D eigenvalue weighted by molar-refractivity contribution is 6.00. The Morgan fingerprint density at radius 3 is 2.88 bits per heavy atom. The zero-order valence-corrected chi connectivity index (χ0v) is 14.0. The molecular weight excluding hydrogens is 330 g/mol. The summed E-state index contributed by atoms with van der Waals surface area (Å²) in [6.45, 7) is 0. The summed E-state index contributed by atoms with van der Waals surface area (Å²) in [4.78, 5) is 38.6. The van der Waals surface area contributed by atoms with Crippen molar-refractivity contribution in [3.63, 3.8) is 0 Å². The number of amides is 3. The summed E-state index contributed by atoms with van der Waals surface area (Å²) < 4.78 is 0. The van der Waals surface area contributed by atoms with Crippen LogP contribution in [0.5, 0.6) is 0 Å². The molecule has 2 heterocycles. The second kappa shape index (κ2) is 7.62. The van der Waals surface area contributed by atoms with Crippen LogP contribution in [0.4, 0.5) is 0 Å². The molecule has 0 spiro atoms. The average molecular weight is 347 g/mol. The van der Waals surface area contributed by atoms with Gasteiger partial charge in [-0.25, -0.2) is 0 Å². The van der Waals surface area contributed by atoms with Gasteiger partial charge in [0.15, 0.2) is 0 Å². The number of nitrogens with one attached hydrogen (secondary N) is 1. The van der Waals surface area contributed by atoms with Crippen LogP contribution in [-0.4, -0.2) is 22.7 Å². The zero-order chi connectivity index (χ0) is 18.5. The summed E-state index contributed by atoms with van der Waals surface area (Å²) in [5.74, 6) is 4.62. The first-order valence-corrected chi connectivity index (χ1v) is 8.21. The Morgan fingerprint density at radius 1 is 1.27 bits per heavy atom. The maximum Gasteiger partial charge on any atom is 0.267 e. The topological polar surface area (TPSA) is 102 Å². The molecule has 1 atom stereocenters. The Morgan fingerprint density at radius 2 is 2.12 bits per heavy atom. The van der Waals surface area contributed by atoms with Crippen molar-refractivity contribution in [2.24, 2.45) is 5.73 Å². The maximum atomic E-state index is 12.0. The summed E-state index contributed by atoms with van der Waals surface area (Å²) in [7, 11) is 0. The quantitative estimate of drug-likeness (QED) is 0.645. The molecule has 1 aliphatic heterocycles. The standard InChI is InChI=1S/C20H17N3O3/c21-19(25)18-14(8-3-11-22-18)6-1-4-13-5-2-7-15(12-13)16-9-10-17(24)23-20(16)26/h2-3,5,7-8,11-12,16H,6,9-10H2,(H2,21,25)(H,23,24,26). The van der Waals surface area contributed by atoms with Crippen LogP contribution in [0.1, 0.15) is 45.9 Å². The van der Waals surface area contributed by atoms with E-state index < -0.39 is 5.91 Å². The van der Waals surface area contributed by atoms with Crippen LogP contribution >= 0.6 is 0 Å². The Labute approximate surface area is 150 Å². The van der Waals surface area contributed by atoms with Crippen molar-refractivity contribution in [3.8, 4) is 11.8 Å². The molecular formula is C20H17N3O3. The molecule has 1 aromatic heterocycles. The monoisotopic (exact) mass is 347 g/mol. The number of pyridine rings is 1. The highest BCUT2D eigenvalue weighted by atomic mass is 16.2. The van der Waals surface area contributed by atoms with Gasteiger partial charge in [-0.2, -0.15) is 0 Å². The van der Waals surface area contributed by atoms with Crippen molar-refractivity contribution in [2.75, 3.05) is 0 Å². The van der Waals surface area contributed by atoms with E-state index in [1.54, 1.807) is 12.1 Å². The lowest BCUT2D eigenvalue weighted by Crippen LogP contribution is -2.39. The van der Waals surface area contributed by atoms with Gasteiger partial charge in [0.05, 0.1) is 5.92 Å². The van der Waals surface area contributed by atoms with Crippen molar-refractivity contribution >= 4 is 17.7 Å². The predicted octanol–water partition coefficient (Wildman–Crippen LogP) is 1.29. The van der Waals surface area contributed by atoms with E-state index in [1.165, 1.54) is 6.20 Å². The second-order valence-corrected chi connectivity index (χ2v) is 5.98. The SMILES string of the molecule is NC(=O)c1ncccc1CC#Cc1cccc(C2CCC(=O)NC2=O)c1. The molecule has 1 aliphatic rings. The molecule has 1 saturated heterocycles. The molecule has 0 bridgehead atoms.